The molecule has 90 heavy (non-hydrogen) atoms. The molecular weight excluding hydrogens is 1210 g/mol. The van der Waals surface area contributed by atoms with Gasteiger partial charge in [0, 0.05) is 94.8 Å². The quantitative estimate of drug-likeness (QED) is 0.0316. The molecule has 2 aromatic carbocycles. The zero-order valence-corrected chi connectivity index (χ0v) is 56.4. The van der Waals surface area contributed by atoms with E-state index in [0.29, 0.717) is 47.9 Å². The van der Waals surface area contributed by atoms with Crippen LogP contribution in [0.3, 0.4) is 0 Å². The number of carbonyl (C=O) groups is 2. The van der Waals surface area contributed by atoms with Crippen molar-refractivity contribution in [1.29, 1.82) is 0 Å². The SMILES string of the molecule is COC(=O)C(C)(C)COc1cc(C)c(-c2ccc(-c3nc(Oc4ccc(F)cc4)n(COCC[Si](C)(C)C)n3)nc2)cn1.COC(=O)C(C)(C)COc1cc(C)c(-c2ccc(-c3nc(S(C)(=O)=O)n(COCC[Si](C)(C)C)n3)nc2)cn1.Oc1ccc(F)cc1. The van der Waals surface area contributed by atoms with Crippen molar-refractivity contribution < 1.29 is 65.1 Å². The van der Waals surface area contributed by atoms with Crippen LogP contribution in [-0.4, -0.2) is 138 Å². The van der Waals surface area contributed by atoms with Gasteiger partial charge in [0.15, 0.2) is 0 Å². The van der Waals surface area contributed by atoms with Crippen molar-refractivity contribution in [1.82, 2.24) is 49.5 Å². The topological polar surface area (TPSA) is 266 Å². The van der Waals surface area contributed by atoms with Crippen LogP contribution in [0.5, 0.6) is 29.3 Å². The molecule has 0 amide bonds. The third-order valence-electron chi connectivity index (χ3n) is 13.3. The number of aryl methyl sites for hydroxylation is 2. The van der Waals surface area contributed by atoms with Crippen molar-refractivity contribution in [3.05, 3.63) is 132 Å². The van der Waals surface area contributed by atoms with Gasteiger partial charge in [-0.05, 0) is 125 Å². The molecule has 0 radical (unpaired) electrons. The number of carbonyl (C=O) groups excluding carboxylic acids is 2. The summed E-state index contributed by atoms with van der Waals surface area (Å²) in [5.74, 6) is 0.488. The number of hydrogen-bond donors (Lipinski definition) is 1. The monoisotopic (exact) mass is 1290 g/mol. The zero-order chi connectivity index (χ0) is 66.2. The largest absolute Gasteiger partial charge is 0.508 e. The summed E-state index contributed by atoms with van der Waals surface area (Å²) < 4.78 is 91.5. The van der Waals surface area contributed by atoms with E-state index in [1.54, 1.807) is 64.6 Å². The van der Waals surface area contributed by atoms with Crippen LogP contribution in [0.15, 0.2) is 115 Å². The molecule has 22 nitrogen and oxygen atoms in total. The van der Waals surface area contributed by atoms with E-state index < -0.39 is 36.8 Å². The number of aromatic hydroxyl groups is 1. The second kappa shape index (κ2) is 30.9. The average molecular weight is 1300 g/mol. The van der Waals surface area contributed by atoms with Gasteiger partial charge in [0.1, 0.15) is 61.2 Å². The molecule has 1 N–H and O–H groups in total. The summed E-state index contributed by atoms with van der Waals surface area (Å²) >= 11 is 0. The molecule has 0 saturated carbocycles. The Morgan fingerprint density at radius 1 is 0.589 bits per heavy atom. The molecular formula is C63H80F2N10O12SSi2. The van der Waals surface area contributed by atoms with Crippen LogP contribution >= 0.6 is 0 Å². The van der Waals surface area contributed by atoms with E-state index in [0.717, 1.165) is 51.7 Å². The van der Waals surface area contributed by atoms with Crippen molar-refractivity contribution in [3.8, 4) is 74.6 Å². The van der Waals surface area contributed by atoms with Gasteiger partial charge in [-0.25, -0.2) is 31.8 Å². The first-order valence-electron chi connectivity index (χ1n) is 28.7. The Hall–Kier alpha value is -8.38. The smallest absolute Gasteiger partial charge is 0.323 e. The fourth-order valence-corrected chi connectivity index (χ4v) is 10.1. The number of phenolic OH excluding ortho intramolecular Hbond substituents is 1. The number of sulfone groups is 1. The highest BCUT2D eigenvalue weighted by molar-refractivity contribution is 7.90. The Bertz CT molecular complexity index is 3770. The minimum Gasteiger partial charge on any atom is -0.508 e. The molecule has 0 atom stereocenters. The van der Waals surface area contributed by atoms with Crippen molar-refractivity contribution in [3.63, 3.8) is 0 Å². The molecule has 0 aliphatic heterocycles. The van der Waals surface area contributed by atoms with Crippen molar-refractivity contribution in [2.75, 3.05) is 46.9 Å². The summed E-state index contributed by atoms with van der Waals surface area (Å²) in [6.07, 6.45) is 7.87. The van der Waals surface area contributed by atoms with E-state index in [9.17, 15) is 26.8 Å². The van der Waals surface area contributed by atoms with Crippen LogP contribution in [-0.2, 0) is 51.8 Å². The van der Waals surface area contributed by atoms with E-state index in [1.807, 2.05) is 38.1 Å². The maximum Gasteiger partial charge on any atom is 0.323 e. The number of nitrogens with zero attached hydrogens (tertiary/aromatic N) is 10. The maximum absolute atomic E-state index is 13.4. The van der Waals surface area contributed by atoms with Gasteiger partial charge >= 0.3 is 17.9 Å². The lowest BCUT2D eigenvalue weighted by Crippen LogP contribution is -2.32. The lowest BCUT2D eigenvalue weighted by molar-refractivity contribution is -0.153. The van der Waals surface area contributed by atoms with Gasteiger partial charge in [-0.1, -0.05) is 51.4 Å². The molecule has 0 spiro atoms. The minimum atomic E-state index is -3.62. The summed E-state index contributed by atoms with van der Waals surface area (Å²) in [7, 11) is -3.46. The van der Waals surface area contributed by atoms with Gasteiger partial charge in [-0.15, -0.1) is 10.2 Å². The fourth-order valence-electron chi connectivity index (χ4n) is 7.87. The molecule has 482 valence electrons. The number of phenols is 1. The Labute approximate surface area is 526 Å². The summed E-state index contributed by atoms with van der Waals surface area (Å²) in [6.45, 7) is 26.0. The van der Waals surface area contributed by atoms with Crippen molar-refractivity contribution in [2.24, 2.45) is 10.8 Å². The number of rotatable bonds is 25. The normalized spacial score (nSPS) is 11.8. The summed E-state index contributed by atoms with van der Waals surface area (Å²) in [5.41, 5.74) is 4.60. The van der Waals surface area contributed by atoms with Crippen LogP contribution in [0.2, 0.25) is 51.4 Å². The van der Waals surface area contributed by atoms with Crippen LogP contribution in [0.25, 0.3) is 45.3 Å². The maximum atomic E-state index is 13.4. The number of halogens is 2. The number of esters is 2. The molecule has 0 bridgehead atoms. The Balaban J connectivity index is 0.000000255. The highest BCUT2D eigenvalue weighted by Crippen LogP contribution is 2.31. The van der Waals surface area contributed by atoms with Gasteiger partial charge in [0.05, 0.1) is 25.0 Å². The molecule has 0 fully saturated rings. The molecule has 0 unspecified atom stereocenters. The minimum absolute atomic E-state index is 0.00589. The van der Waals surface area contributed by atoms with Crippen molar-refractivity contribution in [2.45, 2.75) is 112 Å². The Kier molecular flexibility index (Phi) is 24.3. The number of benzene rings is 2. The third kappa shape index (κ3) is 21.4. The van der Waals surface area contributed by atoms with Gasteiger partial charge in [-0.2, -0.15) is 14.6 Å². The number of pyridine rings is 4. The van der Waals surface area contributed by atoms with Crippen LogP contribution in [0, 0.1) is 36.3 Å². The Morgan fingerprint density at radius 2 is 1.01 bits per heavy atom. The standard InChI is InChI=1S/C31H38FN5O5Si.C26H37N5O6SSi.C6H5FO/c1-21-16-27(41-19-31(2,3)29(38)39-4)34-18-25(21)22-8-13-26(33-17-22)28-35-30(42-24-11-9-23(32)10-12-24)37(36-28)20-40-14-15-43(5,6)7;1-18-13-22(37-16-26(2,3)24(32)35-4)28-15-20(18)19-9-10-21(27-14-19)23-29-25(38(5,33)34)31(30-23)17-36-11-12-39(6,7)8;7-5-1-3-6(8)4-2-5/h8-13,16-18H,14-15,19-20H2,1-7H3;9-10,13-15H,11-12,16-17H2,1-8H3;1-4,8H. The van der Waals surface area contributed by atoms with E-state index >= 15 is 0 Å². The molecule has 0 aliphatic carbocycles. The molecule has 0 aliphatic rings. The first-order valence-corrected chi connectivity index (χ1v) is 38.0. The van der Waals surface area contributed by atoms with Crippen LogP contribution in [0.4, 0.5) is 8.78 Å². The highest BCUT2D eigenvalue weighted by Gasteiger charge is 2.31. The molecule has 0 saturated heterocycles. The predicted molar refractivity (Wildman–Crippen MR) is 341 cm³/mol. The number of methoxy groups -OCH3 is 2. The molecule has 8 rings (SSSR count). The fraction of sp³-hybridized carbons (Fsp3) is 0.397. The van der Waals surface area contributed by atoms with Gasteiger partial charge in [0.25, 0.3) is 0 Å². The van der Waals surface area contributed by atoms with Gasteiger partial charge in [0.2, 0.25) is 38.4 Å². The first kappa shape index (κ1) is 70.7. The molecule has 6 heterocycles. The first-order chi connectivity index (χ1) is 42.2. The highest BCUT2D eigenvalue weighted by atomic mass is 32.2. The van der Waals surface area contributed by atoms with Crippen LogP contribution in [0.1, 0.15) is 38.8 Å². The van der Waals surface area contributed by atoms with E-state index in [1.165, 1.54) is 72.1 Å². The van der Waals surface area contributed by atoms with Crippen LogP contribution < -0.4 is 14.2 Å². The lowest BCUT2D eigenvalue weighted by Gasteiger charge is -2.21. The summed E-state index contributed by atoms with van der Waals surface area (Å²) in [6, 6.07) is 23.8. The zero-order valence-electron chi connectivity index (χ0n) is 53.6. The average Bonchev–Trinajstić information content (AvgIpc) is 1.61. The van der Waals surface area contributed by atoms with Gasteiger partial charge < -0.3 is 38.3 Å². The molecule has 6 aromatic heterocycles. The van der Waals surface area contributed by atoms with E-state index in [2.05, 4.69) is 79.4 Å². The third-order valence-corrected chi connectivity index (χ3v) is 17.7. The number of ether oxygens (including phenoxy) is 7. The van der Waals surface area contributed by atoms with E-state index in [-0.39, 0.29) is 73.0 Å². The molecule has 27 heteroatoms. The Morgan fingerprint density at radius 3 is 1.40 bits per heavy atom. The second-order valence-electron chi connectivity index (χ2n) is 24.8. The summed E-state index contributed by atoms with van der Waals surface area (Å²) in [5, 5.41) is 17.4. The summed E-state index contributed by atoms with van der Waals surface area (Å²) in [4.78, 5) is 50.5. The lowest BCUT2D eigenvalue weighted by atomic mass is 9.95. The predicted octanol–water partition coefficient (Wildman–Crippen LogP) is 12.1. The van der Waals surface area contributed by atoms with E-state index in [4.69, 9.17) is 38.3 Å². The number of aromatic nitrogens is 10. The van der Waals surface area contributed by atoms with Crippen molar-refractivity contribution >= 4 is 37.9 Å². The second-order valence-corrected chi connectivity index (χ2v) is 38.0. The molecule has 8 aromatic rings. The van der Waals surface area contributed by atoms with Gasteiger partial charge in [-0.3, -0.25) is 19.6 Å². The number of hydrogen-bond acceptors (Lipinski definition) is 20.